The van der Waals surface area contributed by atoms with Gasteiger partial charge in [0.05, 0.1) is 48.6 Å². The second-order valence-corrected chi connectivity index (χ2v) is 10.5. The van der Waals surface area contributed by atoms with Crippen LogP contribution in [-0.2, 0) is 0 Å². The van der Waals surface area contributed by atoms with Crippen LogP contribution in [0.5, 0.6) is 0 Å². The first kappa shape index (κ1) is 17.1. The Morgan fingerprint density at radius 3 is 2.23 bits per heavy atom. The van der Waals surface area contributed by atoms with Crippen molar-refractivity contribution in [3.8, 4) is 6.07 Å². The minimum Gasteiger partial charge on any atom is -0.452 e. The molecule has 0 aliphatic rings. The molecule has 0 N–H and O–H groups in total. The first-order chi connectivity index (χ1) is 12.6. The maximum atomic E-state index is 9.37. The van der Waals surface area contributed by atoms with Crippen LogP contribution in [0.1, 0.15) is 5.56 Å². The predicted molar refractivity (Wildman–Crippen MR) is 120 cm³/mol. The summed E-state index contributed by atoms with van der Waals surface area (Å²) in [6.07, 6.45) is 0. The Morgan fingerprint density at radius 1 is 0.923 bits per heavy atom. The number of anilines is 2. The number of para-hydroxylation sites is 2. The number of nitrogens with zero attached hydrogens (tertiary/aromatic N) is 2. The Kier molecular flexibility index (Phi) is 4.47. The van der Waals surface area contributed by atoms with Gasteiger partial charge in [-0.2, -0.15) is 5.26 Å². The molecule has 128 valence electrons. The number of fused-ring (bicyclic) bond motifs is 3. The van der Waals surface area contributed by atoms with Crippen LogP contribution in [0.25, 0.3) is 21.9 Å². The van der Waals surface area contributed by atoms with Gasteiger partial charge in [0.1, 0.15) is 6.07 Å². The molecule has 4 aromatic rings. The lowest BCUT2D eigenvalue weighted by Crippen LogP contribution is -2.22. The van der Waals surface area contributed by atoms with E-state index >= 15 is 0 Å². The van der Waals surface area contributed by atoms with E-state index in [0.717, 1.165) is 27.7 Å². The maximum absolute atomic E-state index is 9.37. The fourth-order valence-electron chi connectivity index (χ4n) is 3.18. The monoisotopic (exact) mass is 468 g/mol. The van der Waals surface area contributed by atoms with E-state index < -0.39 is 8.80 Å². The van der Waals surface area contributed by atoms with E-state index in [0.29, 0.717) is 11.1 Å². The molecule has 3 nitrogen and oxygen atoms in total. The quantitative estimate of drug-likeness (QED) is 0.222. The van der Waals surface area contributed by atoms with Crippen molar-refractivity contribution in [3.05, 3.63) is 66.2 Å². The molecule has 0 spiro atoms. The molecule has 0 unspecified atom stereocenters. The molecule has 0 atom stereocenters. The Balaban J connectivity index is 1.87. The average molecular weight is 468 g/mol. The summed E-state index contributed by atoms with van der Waals surface area (Å²) in [6.45, 7) is 4.66. The Hall–Kier alpha value is -2.30. The summed E-state index contributed by atoms with van der Waals surface area (Å²) in [5.74, 6) is 0. The maximum Gasteiger partial charge on any atom is 0.159 e. The van der Waals surface area contributed by atoms with Gasteiger partial charge in [-0.1, -0.05) is 54.7 Å². The van der Waals surface area contributed by atoms with Gasteiger partial charge in [-0.25, -0.2) is 0 Å². The molecule has 1 aromatic heterocycles. The molecule has 0 fully saturated rings. The van der Waals surface area contributed by atoms with Crippen molar-refractivity contribution < 1.29 is 4.42 Å². The largest absolute Gasteiger partial charge is 0.452 e. The summed E-state index contributed by atoms with van der Waals surface area (Å²) in [7, 11) is -0.795. The van der Waals surface area contributed by atoms with Gasteiger partial charge in [0.2, 0.25) is 0 Å². The Bertz CT molecular complexity index is 1140. The molecule has 1 heterocycles. The lowest BCUT2D eigenvalue weighted by molar-refractivity contribution is 0.668. The number of hydrogen-bond donors (Lipinski definition) is 0. The molecule has 0 radical (unpaired) electrons. The zero-order valence-corrected chi connectivity index (χ0v) is 17.8. The van der Waals surface area contributed by atoms with Crippen molar-refractivity contribution >= 4 is 70.2 Å². The summed E-state index contributed by atoms with van der Waals surface area (Å²) in [5.41, 5.74) is 4.12. The average Bonchev–Trinajstić information content (AvgIpc) is 3.06. The fourth-order valence-corrected chi connectivity index (χ4v) is 4.84. The van der Waals surface area contributed by atoms with Gasteiger partial charge in [-0.15, -0.1) is 0 Å². The molecule has 26 heavy (non-hydrogen) atoms. The minimum absolute atomic E-state index is 0.566. The SMILES string of the molecule is C[SiH](C)c1ccc(N(I)c2cccc3c2oc2c(C#N)cccc23)cc1. The van der Waals surface area contributed by atoms with E-state index in [-0.39, 0.29) is 0 Å². The number of rotatable bonds is 3. The van der Waals surface area contributed by atoms with Gasteiger partial charge in [0.25, 0.3) is 0 Å². The number of hydrogen-bond acceptors (Lipinski definition) is 3. The van der Waals surface area contributed by atoms with Crippen LogP contribution in [0.15, 0.2) is 65.1 Å². The molecular weight excluding hydrogens is 451 g/mol. The van der Waals surface area contributed by atoms with Crippen molar-refractivity contribution in [2.45, 2.75) is 13.1 Å². The van der Waals surface area contributed by atoms with Crippen molar-refractivity contribution in [3.63, 3.8) is 0 Å². The molecule has 0 bridgehead atoms. The van der Waals surface area contributed by atoms with E-state index in [4.69, 9.17) is 4.42 Å². The Morgan fingerprint density at radius 2 is 1.58 bits per heavy atom. The molecular formula is C21H17IN2OSi. The standard InChI is InChI=1S/C21H17IN2OSi/c1-26(2)16-11-9-15(10-12-16)24(22)19-8-4-7-18-17-6-3-5-14(13-23)20(17)25-21(18)19/h3-12,26H,1-2H3. The normalized spacial score (nSPS) is 11.2. The van der Waals surface area contributed by atoms with Gasteiger partial charge >= 0.3 is 0 Å². The van der Waals surface area contributed by atoms with Crippen LogP contribution in [0.4, 0.5) is 11.4 Å². The van der Waals surface area contributed by atoms with E-state index in [1.54, 1.807) is 6.07 Å². The first-order valence-electron chi connectivity index (χ1n) is 8.50. The highest BCUT2D eigenvalue weighted by atomic mass is 127. The van der Waals surface area contributed by atoms with E-state index in [1.807, 2.05) is 30.3 Å². The molecule has 0 saturated heterocycles. The number of furan rings is 1. The number of nitriles is 1. The zero-order valence-electron chi connectivity index (χ0n) is 14.5. The van der Waals surface area contributed by atoms with Crippen LogP contribution < -0.4 is 8.30 Å². The highest BCUT2D eigenvalue weighted by molar-refractivity contribution is 14.1. The second kappa shape index (κ2) is 6.78. The fraction of sp³-hybridized carbons (Fsp3) is 0.0952. The minimum atomic E-state index is -0.795. The highest BCUT2D eigenvalue weighted by Gasteiger charge is 2.17. The molecule has 0 aliphatic carbocycles. The molecule has 4 rings (SSSR count). The summed E-state index contributed by atoms with van der Waals surface area (Å²) >= 11 is 2.31. The highest BCUT2D eigenvalue weighted by Crippen LogP contribution is 2.40. The van der Waals surface area contributed by atoms with Crippen LogP contribution in [0.2, 0.25) is 13.1 Å². The lowest BCUT2D eigenvalue weighted by atomic mass is 10.1. The number of benzene rings is 3. The zero-order chi connectivity index (χ0) is 18.3. The Labute approximate surface area is 167 Å². The summed E-state index contributed by atoms with van der Waals surface area (Å²) in [5, 5.41) is 12.8. The van der Waals surface area contributed by atoms with E-state index in [2.05, 4.69) is 69.4 Å². The smallest absolute Gasteiger partial charge is 0.159 e. The lowest BCUT2D eigenvalue weighted by Gasteiger charge is -2.17. The van der Waals surface area contributed by atoms with Crippen molar-refractivity contribution in [1.82, 2.24) is 0 Å². The van der Waals surface area contributed by atoms with Crippen LogP contribution in [-0.4, -0.2) is 8.80 Å². The van der Waals surface area contributed by atoms with Gasteiger partial charge < -0.3 is 4.42 Å². The summed E-state index contributed by atoms with van der Waals surface area (Å²) in [4.78, 5) is 0. The van der Waals surface area contributed by atoms with Crippen molar-refractivity contribution in [2.75, 3.05) is 3.11 Å². The van der Waals surface area contributed by atoms with E-state index in [9.17, 15) is 5.26 Å². The van der Waals surface area contributed by atoms with Crippen LogP contribution in [0.3, 0.4) is 0 Å². The molecule has 3 aromatic carbocycles. The third-order valence-corrected chi connectivity index (χ3v) is 7.42. The topological polar surface area (TPSA) is 40.2 Å². The molecule has 5 heteroatoms. The van der Waals surface area contributed by atoms with Crippen molar-refractivity contribution in [2.24, 2.45) is 0 Å². The van der Waals surface area contributed by atoms with E-state index in [1.165, 1.54) is 5.19 Å². The molecule has 0 amide bonds. The van der Waals surface area contributed by atoms with Crippen LogP contribution >= 0.6 is 22.9 Å². The third-order valence-electron chi connectivity index (χ3n) is 4.62. The molecule has 0 aliphatic heterocycles. The van der Waals surface area contributed by atoms with Crippen molar-refractivity contribution in [1.29, 1.82) is 5.26 Å². The second-order valence-electron chi connectivity index (χ2n) is 6.58. The first-order valence-corrected chi connectivity index (χ1v) is 12.4. The van der Waals surface area contributed by atoms with Gasteiger partial charge in [-0.05, 0) is 24.3 Å². The molecule has 0 saturated carbocycles. The van der Waals surface area contributed by atoms with Gasteiger partial charge in [-0.3, -0.25) is 3.11 Å². The third kappa shape index (κ3) is 2.79. The van der Waals surface area contributed by atoms with Crippen LogP contribution in [0, 0.1) is 11.3 Å². The summed E-state index contributed by atoms with van der Waals surface area (Å²) < 4.78 is 8.26. The van der Waals surface area contributed by atoms with Gasteiger partial charge in [0.15, 0.2) is 11.2 Å². The number of halogens is 1. The predicted octanol–water partition coefficient (Wildman–Crippen LogP) is 5.64. The van der Waals surface area contributed by atoms with Gasteiger partial charge in [0, 0.05) is 10.8 Å². The summed E-state index contributed by atoms with van der Waals surface area (Å²) in [6, 6.07) is 22.8.